The van der Waals surface area contributed by atoms with Gasteiger partial charge in [0.15, 0.2) is 5.56 Å². The monoisotopic (exact) mass is 353 g/mol. The average molecular weight is 353 g/mol. The molecule has 8 heteroatoms. The number of aromatic nitrogens is 2. The predicted octanol–water partition coefficient (Wildman–Crippen LogP) is -0.0819. The summed E-state index contributed by atoms with van der Waals surface area (Å²) in [5.74, 6) is 0.260. The summed E-state index contributed by atoms with van der Waals surface area (Å²) in [5.41, 5.74) is -0.516. The van der Waals surface area contributed by atoms with Gasteiger partial charge in [0.1, 0.15) is 11.9 Å². The molecule has 0 atom stereocenters. The third-order valence-corrected chi connectivity index (χ3v) is 4.63. The van der Waals surface area contributed by atoms with Gasteiger partial charge in [-0.25, -0.2) is 4.79 Å². The molecule has 0 radical (unpaired) electrons. The average Bonchev–Trinajstić information content (AvgIpc) is 2.69. The number of anilines is 1. The molecule has 1 aromatic heterocycles. The summed E-state index contributed by atoms with van der Waals surface area (Å²) in [4.78, 5) is 40.5. The molecule has 1 saturated heterocycles. The molecule has 0 bridgehead atoms. The van der Waals surface area contributed by atoms with E-state index < -0.39 is 11.2 Å². The van der Waals surface area contributed by atoms with Crippen molar-refractivity contribution in [3.63, 3.8) is 0 Å². The first-order valence-electron chi connectivity index (χ1n) is 8.25. The number of amides is 1. The van der Waals surface area contributed by atoms with Gasteiger partial charge in [0.25, 0.3) is 11.5 Å². The predicted molar refractivity (Wildman–Crippen MR) is 96.2 cm³/mol. The molecular weight excluding hydrogens is 334 g/mol. The van der Waals surface area contributed by atoms with Crippen molar-refractivity contribution in [3.05, 3.63) is 62.3 Å². The summed E-state index contributed by atoms with van der Waals surface area (Å²) in [5, 5.41) is 9.39. The maximum Gasteiger partial charge on any atom is 0.332 e. The molecule has 134 valence electrons. The molecule has 2 heterocycles. The minimum absolute atomic E-state index is 0.0522. The molecule has 3 rings (SSSR count). The fraction of sp³-hybridized carbons (Fsp3) is 0.333. The Morgan fingerprint density at radius 1 is 1.00 bits per heavy atom. The van der Waals surface area contributed by atoms with Crippen molar-refractivity contribution in [2.45, 2.75) is 0 Å². The number of nitriles is 1. The lowest BCUT2D eigenvalue weighted by molar-refractivity contribution is 0.0746. The van der Waals surface area contributed by atoms with Gasteiger partial charge in [-0.2, -0.15) is 5.26 Å². The first kappa shape index (κ1) is 17.5. The number of carbonyl (C=O) groups is 1. The summed E-state index contributed by atoms with van der Waals surface area (Å²) in [6, 6.07) is 10.9. The number of nitrogens with zero attached hydrogens (tertiary/aromatic N) is 5. The molecule has 1 aromatic carbocycles. The minimum atomic E-state index is -0.603. The second kappa shape index (κ2) is 6.88. The fourth-order valence-electron chi connectivity index (χ4n) is 3.19. The van der Waals surface area contributed by atoms with Gasteiger partial charge in [0.2, 0.25) is 0 Å². The lowest BCUT2D eigenvalue weighted by Crippen LogP contribution is -2.51. The molecule has 8 nitrogen and oxygen atoms in total. The van der Waals surface area contributed by atoms with E-state index in [0.717, 1.165) is 4.57 Å². The molecule has 1 amide bonds. The highest BCUT2D eigenvalue weighted by Crippen LogP contribution is 2.18. The largest absolute Gasteiger partial charge is 0.353 e. The topological polar surface area (TPSA) is 91.3 Å². The van der Waals surface area contributed by atoms with Crippen LogP contribution in [0.4, 0.5) is 5.82 Å². The Morgan fingerprint density at radius 3 is 2.19 bits per heavy atom. The second-order valence-electron chi connectivity index (χ2n) is 6.16. The Balaban J connectivity index is 1.86. The highest BCUT2D eigenvalue weighted by Gasteiger charge is 2.26. The normalized spacial score (nSPS) is 14.2. The number of hydrogen-bond donors (Lipinski definition) is 0. The van der Waals surface area contributed by atoms with Crippen LogP contribution in [0.25, 0.3) is 0 Å². The van der Waals surface area contributed by atoms with Crippen molar-refractivity contribution < 1.29 is 4.79 Å². The van der Waals surface area contributed by atoms with E-state index in [4.69, 9.17) is 0 Å². The SMILES string of the molecule is Cn1c(N2CCN(C(=O)c3ccccc3)CC2)c(C#N)c(=O)n(C)c1=O. The van der Waals surface area contributed by atoms with Gasteiger partial charge >= 0.3 is 5.69 Å². The van der Waals surface area contributed by atoms with E-state index in [0.29, 0.717) is 37.6 Å². The van der Waals surface area contributed by atoms with Crippen molar-refractivity contribution >= 4 is 11.7 Å². The van der Waals surface area contributed by atoms with Crippen LogP contribution in [-0.2, 0) is 14.1 Å². The van der Waals surface area contributed by atoms with Crippen molar-refractivity contribution in [3.8, 4) is 6.07 Å². The van der Waals surface area contributed by atoms with E-state index in [-0.39, 0.29) is 11.5 Å². The van der Waals surface area contributed by atoms with Gasteiger partial charge in [0, 0.05) is 45.8 Å². The van der Waals surface area contributed by atoms with Crippen molar-refractivity contribution in [1.82, 2.24) is 14.0 Å². The number of hydrogen-bond acceptors (Lipinski definition) is 5. The molecule has 1 aliphatic rings. The van der Waals surface area contributed by atoms with Crippen LogP contribution in [-0.4, -0.2) is 46.1 Å². The molecule has 0 saturated carbocycles. The lowest BCUT2D eigenvalue weighted by Gasteiger charge is -2.36. The third kappa shape index (κ3) is 2.88. The quantitative estimate of drug-likeness (QED) is 0.753. The Bertz CT molecular complexity index is 992. The van der Waals surface area contributed by atoms with Crippen LogP contribution in [0.5, 0.6) is 0 Å². The maximum absolute atomic E-state index is 12.5. The number of carbonyl (C=O) groups excluding carboxylic acids is 1. The summed E-state index contributed by atoms with van der Waals surface area (Å²) >= 11 is 0. The van der Waals surface area contributed by atoms with E-state index in [9.17, 15) is 19.6 Å². The highest BCUT2D eigenvalue weighted by molar-refractivity contribution is 5.94. The minimum Gasteiger partial charge on any atom is -0.353 e. The molecule has 1 fully saturated rings. The van der Waals surface area contributed by atoms with Gasteiger partial charge in [0.05, 0.1) is 0 Å². The van der Waals surface area contributed by atoms with E-state index >= 15 is 0 Å². The van der Waals surface area contributed by atoms with Gasteiger partial charge in [-0.15, -0.1) is 0 Å². The molecule has 0 spiro atoms. The Labute approximate surface area is 150 Å². The van der Waals surface area contributed by atoms with Gasteiger partial charge in [-0.05, 0) is 12.1 Å². The van der Waals surface area contributed by atoms with Crippen molar-refractivity contribution in [1.29, 1.82) is 5.26 Å². The number of piperazine rings is 1. The smallest absolute Gasteiger partial charge is 0.332 e. The van der Waals surface area contributed by atoms with E-state index in [2.05, 4.69) is 0 Å². The third-order valence-electron chi connectivity index (χ3n) is 4.63. The second-order valence-corrected chi connectivity index (χ2v) is 6.16. The van der Waals surface area contributed by atoms with E-state index in [1.807, 2.05) is 29.2 Å². The molecule has 0 aliphatic carbocycles. The van der Waals surface area contributed by atoms with Crippen LogP contribution in [0, 0.1) is 11.3 Å². The zero-order valence-electron chi connectivity index (χ0n) is 14.7. The van der Waals surface area contributed by atoms with Gasteiger partial charge in [-0.3, -0.25) is 18.7 Å². The van der Waals surface area contributed by atoms with E-state index in [1.165, 1.54) is 11.6 Å². The number of benzene rings is 1. The first-order valence-corrected chi connectivity index (χ1v) is 8.25. The zero-order valence-corrected chi connectivity index (χ0v) is 14.7. The van der Waals surface area contributed by atoms with Crippen LogP contribution in [0.2, 0.25) is 0 Å². The lowest BCUT2D eigenvalue weighted by atomic mass is 10.1. The summed E-state index contributed by atoms with van der Waals surface area (Å²) < 4.78 is 2.24. The summed E-state index contributed by atoms with van der Waals surface area (Å²) in [6.07, 6.45) is 0. The van der Waals surface area contributed by atoms with Crippen LogP contribution in [0.3, 0.4) is 0 Å². The Hall–Kier alpha value is -3.34. The van der Waals surface area contributed by atoms with Crippen LogP contribution in [0.1, 0.15) is 15.9 Å². The summed E-state index contributed by atoms with van der Waals surface area (Å²) in [7, 11) is 2.89. The Kier molecular flexibility index (Phi) is 4.63. The summed E-state index contributed by atoms with van der Waals surface area (Å²) in [6.45, 7) is 1.77. The molecular formula is C18H19N5O3. The standard InChI is InChI=1S/C18H19N5O3/c1-20-15(14(12-19)17(25)21(2)18(20)26)22-8-10-23(11-9-22)16(24)13-6-4-3-5-7-13/h3-7H,8-11H2,1-2H3. The van der Waals surface area contributed by atoms with Crippen molar-refractivity contribution in [2.75, 3.05) is 31.1 Å². The molecule has 1 aliphatic heterocycles. The van der Waals surface area contributed by atoms with Crippen molar-refractivity contribution in [2.24, 2.45) is 14.1 Å². The fourth-order valence-corrected chi connectivity index (χ4v) is 3.19. The van der Waals surface area contributed by atoms with E-state index in [1.54, 1.807) is 24.1 Å². The first-order chi connectivity index (χ1) is 12.5. The van der Waals surface area contributed by atoms with Gasteiger partial charge in [-0.1, -0.05) is 18.2 Å². The molecule has 0 unspecified atom stereocenters. The Morgan fingerprint density at radius 2 is 1.62 bits per heavy atom. The maximum atomic E-state index is 12.5. The van der Waals surface area contributed by atoms with Crippen LogP contribution < -0.4 is 16.1 Å². The zero-order chi connectivity index (χ0) is 18.8. The van der Waals surface area contributed by atoms with Crippen LogP contribution >= 0.6 is 0 Å². The highest BCUT2D eigenvalue weighted by atomic mass is 16.2. The molecule has 0 N–H and O–H groups in total. The van der Waals surface area contributed by atoms with Gasteiger partial charge < -0.3 is 9.80 Å². The molecule has 2 aromatic rings. The van der Waals surface area contributed by atoms with Crippen LogP contribution in [0.15, 0.2) is 39.9 Å². The number of rotatable bonds is 2. The molecule has 26 heavy (non-hydrogen) atoms.